The molecule has 0 bridgehead atoms. The van der Waals surface area contributed by atoms with Crippen LogP contribution in [0.3, 0.4) is 0 Å². The average molecular weight is 319 g/mol. The van der Waals surface area contributed by atoms with Gasteiger partial charge in [0.05, 0.1) is 4.92 Å². The van der Waals surface area contributed by atoms with Crippen molar-refractivity contribution in [2.75, 3.05) is 0 Å². The molecule has 0 saturated carbocycles. The predicted molar refractivity (Wildman–Crippen MR) is 77.1 cm³/mol. The first-order chi connectivity index (χ1) is 10.5. The van der Waals surface area contributed by atoms with Crippen molar-refractivity contribution in [1.82, 2.24) is 19.8 Å². The second-order valence-corrected chi connectivity index (χ2v) is 5.36. The number of aryl methyl sites for hydroxylation is 1. The molecule has 0 radical (unpaired) electrons. The van der Waals surface area contributed by atoms with Crippen LogP contribution in [0.1, 0.15) is 10.7 Å². The fraction of sp³-hybridized carbons (Fsp3) is 0.167. The molecule has 3 rings (SSSR count). The van der Waals surface area contributed by atoms with E-state index < -0.39 is 4.92 Å². The fourth-order valence-electron chi connectivity index (χ4n) is 1.70. The molecule has 10 heteroatoms. The summed E-state index contributed by atoms with van der Waals surface area (Å²) in [5, 5.41) is 22.9. The second kappa shape index (κ2) is 5.48. The summed E-state index contributed by atoms with van der Waals surface area (Å²) in [6.45, 7) is 1.69. The number of fused-ring (bicyclic) bond motifs is 1. The fourth-order valence-corrected chi connectivity index (χ4v) is 2.44. The van der Waals surface area contributed by atoms with Gasteiger partial charge in [-0.3, -0.25) is 14.9 Å². The monoisotopic (exact) mass is 319 g/mol. The van der Waals surface area contributed by atoms with Gasteiger partial charge in [0.15, 0.2) is 5.01 Å². The number of hydrogen-bond acceptors (Lipinski definition) is 8. The van der Waals surface area contributed by atoms with Gasteiger partial charge in [-0.05, 0) is 19.1 Å². The molecule has 0 amide bonds. The normalized spacial score (nSPS) is 10.8. The standard InChI is InChI=1S/C12H9N5O4S/c1-7-11(18)16-12(14-13-7)22-10(15-16)6-21-9-4-2-8(3-5-9)17(19)20/h2-5H,6H2,1H3. The van der Waals surface area contributed by atoms with Crippen LogP contribution in [0.15, 0.2) is 29.1 Å². The van der Waals surface area contributed by atoms with Crippen molar-refractivity contribution in [2.45, 2.75) is 13.5 Å². The van der Waals surface area contributed by atoms with E-state index in [2.05, 4.69) is 15.3 Å². The maximum absolute atomic E-state index is 11.8. The van der Waals surface area contributed by atoms with Crippen molar-refractivity contribution in [2.24, 2.45) is 0 Å². The summed E-state index contributed by atoms with van der Waals surface area (Å²) in [6, 6.07) is 5.71. The minimum Gasteiger partial charge on any atom is -0.486 e. The topological polar surface area (TPSA) is 113 Å². The summed E-state index contributed by atoms with van der Waals surface area (Å²) < 4.78 is 6.67. The number of ether oxygens (including phenoxy) is 1. The van der Waals surface area contributed by atoms with Crippen molar-refractivity contribution in [3.05, 3.63) is 55.4 Å². The Hall–Kier alpha value is -2.88. The van der Waals surface area contributed by atoms with E-state index in [1.54, 1.807) is 6.92 Å². The van der Waals surface area contributed by atoms with Crippen molar-refractivity contribution in [3.8, 4) is 5.75 Å². The largest absolute Gasteiger partial charge is 0.486 e. The van der Waals surface area contributed by atoms with E-state index in [-0.39, 0.29) is 23.5 Å². The maximum Gasteiger partial charge on any atom is 0.296 e. The molecule has 1 aromatic carbocycles. The number of nitro groups is 1. The predicted octanol–water partition coefficient (Wildman–Crippen LogP) is 1.34. The van der Waals surface area contributed by atoms with Crippen LogP contribution in [0.5, 0.6) is 5.75 Å². The third-order valence-electron chi connectivity index (χ3n) is 2.80. The molecule has 9 nitrogen and oxygen atoms in total. The molecule has 3 aromatic rings. The number of nitrogens with zero attached hydrogens (tertiary/aromatic N) is 5. The van der Waals surface area contributed by atoms with Crippen LogP contribution in [0, 0.1) is 17.0 Å². The molecule has 0 aliphatic carbocycles. The molecular weight excluding hydrogens is 310 g/mol. The SMILES string of the molecule is Cc1nnc2sc(COc3ccc([N+](=O)[O-])cc3)nn2c1=O. The van der Waals surface area contributed by atoms with Crippen LogP contribution in [-0.4, -0.2) is 24.7 Å². The number of hydrogen-bond donors (Lipinski definition) is 0. The molecule has 0 N–H and O–H groups in total. The third-order valence-corrected chi connectivity index (χ3v) is 3.67. The zero-order chi connectivity index (χ0) is 15.7. The summed E-state index contributed by atoms with van der Waals surface area (Å²) >= 11 is 1.19. The summed E-state index contributed by atoms with van der Waals surface area (Å²) in [7, 11) is 0. The van der Waals surface area contributed by atoms with Crippen LogP contribution in [0.25, 0.3) is 4.96 Å². The van der Waals surface area contributed by atoms with E-state index >= 15 is 0 Å². The summed E-state index contributed by atoms with van der Waals surface area (Å²) in [6.07, 6.45) is 0. The summed E-state index contributed by atoms with van der Waals surface area (Å²) in [5.41, 5.74) is -0.0573. The molecule has 0 saturated heterocycles. The number of rotatable bonds is 4. The van der Waals surface area contributed by atoms with Gasteiger partial charge >= 0.3 is 0 Å². The lowest BCUT2D eigenvalue weighted by Gasteiger charge is -2.02. The second-order valence-electron chi connectivity index (χ2n) is 4.32. The van der Waals surface area contributed by atoms with Gasteiger partial charge in [-0.25, -0.2) is 0 Å². The van der Waals surface area contributed by atoms with Gasteiger partial charge in [0.25, 0.3) is 11.2 Å². The van der Waals surface area contributed by atoms with E-state index in [9.17, 15) is 14.9 Å². The third kappa shape index (κ3) is 2.63. The Morgan fingerprint density at radius 2 is 2.05 bits per heavy atom. The average Bonchev–Trinajstić information content (AvgIpc) is 2.93. The number of aromatic nitrogens is 4. The van der Waals surface area contributed by atoms with Crippen molar-refractivity contribution in [3.63, 3.8) is 0 Å². The molecule has 2 aromatic heterocycles. The Labute approximate surface area is 127 Å². The van der Waals surface area contributed by atoms with Crippen LogP contribution in [0.4, 0.5) is 5.69 Å². The Bertz CT molecular complexity index is 902. The minimum atomic E-state index is -0.481. The van der Waals surface area contributed by atoms with Crippen molar-refractivity contribution >= 4 is 22.0 Å². The molecule has 0 aliphatic rings. The Morgan fingerprint density at radius 1 is 1.32 bits per heavy atom. The lowest BCUT2D eigenvalue weighted by molar-refractivity contribution is -0.384. The quantitative estimate of drug-likeness (QED) is 0.526. The van der Waals surface area contributed by atoms with Gasteiger partial charge in [0, 0.05) is 12.1 Å². The molecule has 112 valence electrons. The van der Waals surface area contributed by atoms with Gasteiger partial charge < -0.3 is 4.74 Å². The molecule has 0 fully saturated rings. The lowest BCUT2D eigenvalue weighted by Crippen LogP contribution is -2.19. The van der Waals surface area contributed by atoms with Crippen LogP contribution in [-0.2, 0) is 6.61 Å². The van der Waals surface area contributed by atoms with Crippen LogP contribution < -0.4 is 10.3 Å². The minimum absolute atomic E-state index is 0.00959. The van der Waals surface area contributed by atoms with Crippen molar-refractivity contribution in [1.29, 1.82) is 0 Å². The highest BCUT2D eigenvalue weighted by atomic mass is 32.1. The van der Waals surface area contributed by atoms with Gasteiger partial charge in [0.1, 0.15) is 18.1 Å². The molecule has 2 heterocycles. The Balaban J connectivity index is 1.77. The lowest BCUT2D eigenvalue weighted by atomic mass is 10.3. The van der Waals surface area contributed by atoms with Crippen LogP contribution >= 0.6 is 11.3 Å². The van der Waals surface area contributed by atoms with E-state index in [1.807, 2.05) is 0 Å². The van der Waals surface area contributed by atoms with E-state index in [1.165, 1.54) is 40.1 Å². The highest BCUT2D eigenvalue weighted by Crippen LogP contribution is 2.19. The van der Waals surface area contributed by atoms with Gasteiger partial charge in [0.2, 0.25) is 4.96 Å². The van der Waals surface area contributed by atoms with Gasteiger partial charge in [-0.1, -0.05) is 11.3 Å². The smallest absolute Gasteiger partial charge is 0.296 e. The number of benzene rings is 1. The molecule has 0 unspecified atom stereocenters. The zero-order valence-electron chi connectivity index (χ0n) is 11.3. The molecule has 22 heavy (non-hydrogen) atoms. The molecular formula is C12H9N5O4S. The van der Waals surface area contributed by atoms with E-state index in [4.69, 9.17) is 4.74 Å². The molecule has 0 atom stereocenters. The first kappa shape index (κ1) is 14.1. The van der Waals surface area contributed by atoms with Gasteiger partial charge in [-0.15, -0.1) is 10.2 Å². The number of nitro benzene ring substituents is 1. The summed E-state index contributed by atoms with van der Waals surface area (Å²) in [5.74, 6) is 0.472. The van der Waals surface area contributed by atoms with Crippen LogP contribution in [0.2, 0.25) is 0 Å². The first-order valence-electron chi connectivity index (χ1n) is 6.14. The summed E-state index contributed by atoms with van der Waals surface area (Å²) in [4.78, 5) is 22.3. The van der Waals surface area contributed by atoms with Gasteiger partial charge in [-0.2, -0.15) is 9.61 Å². The van der Waals surface area contributed by atoms with E-state index in [0.29, 0.717) is 15.7 Å². The highest BCUT2D eigenvalue weighted by Gasteiger charge is 2.10. The molecule has 0 aliphatic heterocycles. The van der Waals surface area contributed by atoms with E-state index in [0.717, 1.165) is 0 Å². The van der Waals surface area contributed by atoms with Crippen molar-refractivity contribution < 1.29 is 9.66 Å². The molecule has 0 spiro atoms. The Morgan fingerprint density at radius 3 is 2.73 bits per heavy atom. The maximum atomic E-state index is 11.8. The zero-order valence-corrected chi connectivity index (χ0v) is 12.1. The number of non-ortho nitro benzene ring substituents is 1. The Kier molecular flexibility index (Phi) is 3.51. The first-order valence-corrected chi connectivity index (χ1v) is 6.95. The highest BCUT2D eigenvalue weighted by molar-refractivity contribution is 7.16.